The summed E-state index contributed by atoms with van der Waals surface area (Å²) in [6.45, 7) is 5.85. The summed E-state index contributed by atoms with van der Waals surface area (Å²) < 4.78 is 1.94. The fourth-order valence-corrected chi connectivity index (χ4v) is 4.79. The van der Waals surface area contributed by atoms with Gasteiger partial charge >= 0.3 is 5.97 Å². The highest BCUT2D eigenvalue weighted by molar-refractivity contribution is 5.97. The zero-order valence-electron chi connectivity index (χ0n) is 19.2. The highest BCUT2D eigenvalue weighted by Crippen LogP contribution is 2.33. The van der Waals surface area contributed by atoms with Crippen LogP contribution in [0.2, 0.25) is 0 Å². The number of rotatable bonds is 5. The van der Waals surface area contributed by atoms with E-state index >= 15 is 0 Å². The Kier molecular flexibility index (Phi) is 5.54. The molecule has 172 valence electrons. The van der Waals surface area contributed by atoms with Crippen molar-refractivity contribution in [2.24, 2.45) is 0 Å². The minimum Gasteiger partial charge on any atom is -0.478 e. The van der Waals surface area contributed by atoms with Gasteiger partial charge in [0.2, 0.25) is 5.95 Å². The summed E-state index contributed by atoms with van der Waals surface area (Å²) in [5.74, 6) is -0.183. The first-order valence-electron chi connectivity index (χ1n) is 11.5. The zero-order chi connectivity index (χ0) is 23.8. The maximum Gasteiger partial charge on any atom is 0.337 e. The topological polar surface area (TPSA) is 107 Å². The predicted molar refractivity (Wildman–Crippen MR) is 131 cm³/mol. The highest BCUT2D eigenvalue weighted by atomic mass is 16.4. The molecule has 3 heterocycles. The fourth-order valence-electron chi connectivity index (χ4n) is 4.79. The first kappa shape index (κ1) is 21.7. The molecule has 2 aromatic heterocycles. The Bertz CT molecular complexity index is 1450. The van der Waals surface area contributed by atoms with Gasteiger partial charge in [-0.25, -0.2) is 14.8 Å². The van der Waals surface area contributed by atoms with Crippen LogP contribution in [0.1, 0.15) is 59.4 Å². The van der Waals surface area contributed by atoms with Gasteiger partial charge in [-0.05, 0) is 56.9 Å². The van der Waals surface area contributed by atoms with E-state index in [0.717, 1.165) is 53.9 Å². The Balaban J connectivity index is 1.69. The van der Waals surface area contributed by atoms with Gasteiger partial charge in [-0.2, -0.15) is 5.26 Å². The van der Waals surface area contributed by atoms with Crippen molar-refractivity contribution in [3.8, 4) is 6.07 Å². The number of anilines is 2. The monoisotopic (exact) mass is 454 g/mol. The molecule has 0 bridgehead atoms. The van der Waals surface area contributed by atoms with Crippen LogP contribution in [0.15, 0.2) is 42.6 Å². The number of imidazole rings is 1. The Hall–Kier alpha value is -4.12. The number of nitrogens with zero attached hydrogens (tertiary/aromatic N) is 5. The lowest BCUT2D eigenvalue weighted by Gasteiger charge is -2.29. The predicted octanol–water partition coefficient (Wildman–Crippen LogP) is 4.92. The normalized spacial score (nSPS) is 14.8. The van der Waals surface area contributed by atoms with Crippen molar-refractivity contribution < 1.29 is 9.90 Å². The number of aromatic nitrogens is 3. The summed E-state index contributed by atoms with van der Waals surface area (Å²) in [6.07, 6.45) is 5.17. The third kappa shape index (κ3) is 3.79. The zero-order valence-corrected chi connectivity index (χ0v) is 19.2. The Morgan fingerprint density at radius 2 is 1.94 bits per heavy atom. The molecule has 34 heavy (non-hydrogen) atoms. The molecule has 1 saturated heterocycles. The van der Waals surface area contributed by atoms with Gasteiger partial charge in [-0.1, -0.05) is 18.2 Å². The smallest absolute Gasteiger partial charge is 0.337 e. The summed E-state index contributed by atoms with van der Waals surface area (Å²) >= 11 is 0. The Morgan fingerprint density at radius 3 is 2.68 bits per heavy atom. The van der Waals surface area contributed by atoms with Crippen LogP contribution in [0.5, 0.6) is 0 Å². The van der Waals surface area contributed by atoms with E-state index in [9.17, 15) is 15.2 Å². The summed E-state index contributed by atoms with van der Waals surface area (Å²) in [5, 5.41) is 23.4. The number of nitrogens with one attached hydrogen (secondary N) is 1. The molecule has 4 aromatic rings. The number of carboxylic acids is 1. The van der Waals surface area contributed by atoms with Crippen molar-refractivity contribution in [3.63, 3.8) is 0 Å². The minimum atomic E-state index is -0.974. The van der Waals surface area contributed by atoms with Crippen LogP contribution in [0.3, 0.4) is 0 Å². The second kappa shape index (κ2) is 8.67. The average Bonchev–Trinajstić information content (AvgIpc) is 3.29. The average molecular weight is 455 g/mol. The lowest BCUT2D eigenvalue weighted by Crippen LogP contribution is -2.32. The Labute approximate surface area is 197 Å². The van der Waals surface area contributed by atoms with E-state index in [0.29, 0.717) is 17.0 Å². The number of aryl methyl sites for hydroxylation is 1. The molecule has 0 spiro atoms. The number of fused-ring (bicyclic) bond motifs is 3. The molecule has 8 heteroatoms. The SMILES string of the molecule is Cc1cc(C(C)Nc2ccccc2C(=O)O)c2nc(N3CCCCC3)n3cc(C#N)nc3c2c1. The molecular formula is C26H26N6O2. The molecule has 1 fully saturated rings. The molecule has 0 saturated carbocycles. The number of carbonyl (C=O) groups is 1. The van der Waals surface area contributed by atoms with Gasteiger partial charge < -0.3 is 15.3 Å². The summed E-state index contributed by atoms with van der Waals surface area (Å²) in [7, 11) is 0. The summed E-state index contributed by atoms with van der Waals surface area (Å²) in [5.41, 5.74) is 4.66. The maximum absolute atomic E-state index is 11.7. The first-order valence-corrected chi connectivity index (χ1v) is 11.5. The molecule has 5 rings (SSSR count). The van der Waals surface area contributed by atoms with E-state index in [4.69, 9.17) is 4.98 Å². The van der Waals surface area contributed by atoms with Crippen LogP contribution in [0.4, 0.5) is 11.6 Å². The number of nitriles is 1. The van der Waals surface area contributed by atoms with Crippen LogP contribution in [0, 0.1) is 18.3 Å². The van der Waals surface area contributed by atoms with Crippen molar-refractivity contribution in [3.05, 3.63) is 65.0 Å². The lowest BCUT2D eigenvalue weighted by molar-refractivity contribution is 0.0698. The number of hydrogen-bond donors (Lipinski definition) is 2. The Morgan fingerprint density at radius 1 is 1.18 bits per heavy atom. The van der Waals surface area contributed by atoms with Crippen LogP contribution in [0.25, 0.3) is 16.6 Å². The van der Waals surface area contributed by atoms with Crippen molar-refractivity contribution in [1.29, 1.82) is 5.26 Å². The number of piperidine rings is 1. The highest BCUT2D eigenvalue weighted by Gasteiger charge is 2.22. The second-order valence-electron chi connectivity index (χ2n) is 8.86. The van der Waals surface area contributed by atoms with Gasteiger partial charge in [0.25, 0.3) is 0 Å². The van der Waals surface area contributed by atoms with Crippen LogP contribution in [-0.4, -0.2) is 38.5 Å². The number of carboxylic acid groups (broad SMARTS) is 1. The number of benzene rings is 2. The molecule has 2 aromatic carbocycles. The minimum absolute atomic E-state index is 0.211. The first-order chi connectivity index (χ1) is 16.5. The van der Waals surface area contributed by atoms with E-state index < -0.39 is 5.97 Å². The maximum atomic E-state index is 11.7. The van der Waals surface area contributed by atoms with Crippen LogP contribution in [-0.2, 0) is 0 Å². The second-order valence-corrected chi connectivity index (χ2v) is 8.86. The van der Waals surface area contributed by atoms with Crippen LogP contribution < -0.4 is 10.2 Å². The van der Waals surface area contributed by atoms with Gasteiger partial charge in [0.15, 0.2) is 11.3 Å². The number of para-hydroxylation sites is 1. The quantitative estimate of drug-likeness (QED) is 0.441. The van der Waals surface area contributed by atoms with Gasteiger partial charge in [-0.3, -0.25) is 4.40 Å². The van der Waals surface area contributed by atoms with Gasteiger partial charge in [-0.15, -0.1) is 0 Å². The molecule has 0 aliphatic carbocycles. The van der Waals surface area contributed by atoms with E-state index in [2.05, 4.69) is 27.3 Å². The summed E-state index contributed by atoms with van der Waals surface area (Å²) in [6, 6.07) is 13.0. The van der Waals surface area contributed by atoms with Crippen molar-refractivity contribution >= 4 is 34.2 Å². The molecule has 0 amide bonds. The fraction of sp³-hybridized carbons (Fsp3) is 0.308. The van der Waals surface area contributed by atoms with Gasteiger partial charge in [0.05, 0.1) is 23.3 Å². The van der Waals surface area contributed by atoms with Crippen molar-refractivity contribution in [1.82, 2.24) is 14.4 Å². The molecule has 8 nitrogen and oxygen atoms in total. The molecule has 1 aliphatic heterocycles. The van der Waals surface area contributed by atoms with E-state index in [-0.39, 0.29) is 11.6 Å². The lowest BCUT2D eigenvalue weighted by atomic mass is 10.0. The standard InChI is InChI=1S/C26H26N6O2/c1-16-12-20(17(2)28-22-9-5-4-8-19(22)25(33)34)23-21(13-16)24-29-18(14-27)15-32(24)26(30-23)31-10-6-3-7-11-31/h4-5,8-9,12-13,15,17,28H,3,6-7,10-11H2,1-2H3,(H,33,34). The number of aromatic carboxylic acids is 1. The van der Waals surface area contributed by atoms with Gasteiger partial charge in [0, 0.05) is 29.7 Å². The van der Waals surface area contributed by atoms with E-state index in [1.807, 2.05) is 30.4 Å². The molecule has 0 radical (unpaired) electrons. The third-order valence-corrected chi connectivity index (χ3v) is 6.41. The molecule has 1 aliphatic rings. The molecule has 2 N–H and O–H groups in total. The van der Waals surface area contributed by atoms with Crippen molar-refractivity contribution in [2.45, 2.75) is 39.2 Å². The van der Waals surface area contributed by atoms with E-state index in [1.54, 1.807) is 24.4 Å². The largest absolute Gasteiger partial charge is 0.478 e. The molecular weight excluding hydrogens is 428 g/mol. The van der Waals surface area contributed by atoms with Crippen LogP contribution >= 0.6 is 0 Å². The molecule has 1 atom stereocenters. The molecule has 1 unspecified atom stereocenters. The van der Waals surface area contributed by atoms with Gasteiger partial charge in [0.1, 0.15) is 6.07 Å². The third-order valence-electron chi connectivity index (χ3n) is 6.41. The summed E-state index contributed by atoms with van der Waals surface area (Å²) in [4.78, 5) is 23.7. The van der Waals surface area contributed by atoms with E-state index in [1.165, 1.54) is 6.42 Å². The number of hydrogen-bond acceptors (Lipinski definition) is 6. The van der Waals surface area contributed by atoms with Crippen molar-refractivity contribution in [2.75, 3.05) is 23.3 Å².